The first-order chi connectivity index (χ1) is 11.5. The topological polar surface area (TPSA) is 25.8 Å². The summed E-state index contributed by atoms with van der Waals surface area (Å²) in [5, 5.41) is 0.624. The van der Waals surface area contributed by atoms with Gasteiger partial charge in [0.1, 0.15) is 0 Å². The molecule has 2 heterocycles. The summed E-state index contributed by atoms with van der Waals surface area (Å²) in [4.78, 5) is 8.65. The molecule has 2 aromatic carbocycles. The summed E-state index contributed by atoms with van der Waals surface area (Å²) in [6.45, 7) is 0. The molecule has 118 valence electrons. The molecule has 0 amide bonds. The van der Waals surface area contributed by atoms with Gasteiger partial charge in [-0.05, 0) is 12.1 Å². The van der Waals surface area contributed by atoms with E-state index in [2.05, 4.69) is 9.97 Å². The highest BCUT2D eigenvalue weighted by Crippen LogP contribution is 2.38. The molecule has 0 bridgehead atoms. The number of halogens is 3. The molecule has 2 aromatic heterocycles. The lowest BCUT2D eigenvalue weighted by Crippen LogP contribution is -2.07. The molecule has 0 atom stereocenters. The zero-order chi connectivity index (χ0) is 16.7. The Labute approximate surface area is 135 Å². The average Bonchev–Trinajstić information content (AvgIpc) is 2.60. The van der Waals surface area contributed by atoms with Crippen molar-refractivity contribution < 1.29 is 13.2 Å². The molecule has 0 radical (unpaired) electrons. The summed E-state index contributed by atoms with van der Waals surface area (Å²) < 4.78 is 40.7. The number of rotatable bonds is 1. The maximum Gasteiger partial charge on any atom is 0.417 e. The van der Waals surface area contributed by atoms with Crippen molar-refractivity contribution in [3.8, 4) is 11.3 Å². The molecule has 0 fully saturated rings. The number of para-hydroxylation sites is 1. The predicted octanol–water partition coefficient (Wildman–Crippen LogP) is 5.47. The maximum absolute atomic E-state index is 13.6. The quantitative estimate of drug-likeness (QED) is 0.434. The molecule has 0 aliphatic carbocycles. The number of alkyl halides is 3. The molecule has 4 rings (SSSR count). The Balaban J connectivity index is 2.14. The molecule has 0 aliphatic rings. The van der Waals surface area contributed by atoms with Crippen LogP contribution in [0.3, 0.4) is 0 Å². The lowest BCUT2D eigenvalue weighted by molar-refractivity contribution is -0.136. The highest BCUT2D eigenvalue weighted by atomic mass is 19.4. The molecule has 0 unspecified atom stereocenters. The first-order valence-corrected chi connectivity index (χ1v) is 7.35. The van der Waals surface area contributed by atoms with Crippen LogP contribution in [-0.4, -0.2) is 9.97 Å². The molecule has 0 spiro atoms. The molecule has 2 nitrogen and oxygen atoms in total. The average molecular weight is 324 g/mol. The lowest BCUT2D eigenvalue weighted by atomic mass is 10.0. The molecule has 0 saturated carbocycles. The number of hydrogen-bond donors (Lipinski definition) is 0. The number of nitrogens with zero attached hydrogens (tertiary/aromatic N) is 2. The second kappa shape index (κ2) is 5.30. The molecule has 4 aromatic rings. The van der Waals surface area contributed by atoms with Crippen LogP contribution in [0.5, 0.6) is 0 Å². The van der Waals surface area contributed by atoms with Crippen molar-refractivity contribution in [2.45, 2.75) is 6.18 Å². The van der Waals surface area contributed by atoms with Gasteiger partial charge in [0.05, 0.1) is 22.3 Å². The minimum absolute atomic E-state index is 0.0147. The van der Waals surface area contributed by atoms with Crippen molar-refractivity contribution in [3.63, 3.8) is 0 Å². The zero-order valence-electron chi connectivity index (χ0n) is 12.4. The van der Waals surface area contributed by atoms with Gasteiger partial charge < -0.3 is 0 Å². The van der Waals surface area contributed by atoms with Gasteiger partial charge in [-0.1, -0.05) is 48.5 Å². The Morgan fingerprint density at radius 3 is 2.25 bits per heavy atom. The van der Waals surface area contributed by atoms with Crippen LogP contribution >= 0.6 is 0 Å². The van der Waals surface area contributed by atoms with E-state index in [0.717, 1.165) is 6.07 Å². The van der Waals surface area contributed by atoms with Gasteiger partial charge in [0.25, 0.3) is 0 Å². The second-order valence-corrected chi connectivity index (χ2v) is 5.46. The van der Waals surface area contributed by atoms with Crippen molar-refractivity contribution >= 4 is 21.8 Å². The fourth-order valence-electron chi connectivity index (χ4n) is 2.80. The Morgan fingerprint density at radius 1 is 0.792 bits per heavy atom. The van der Waals surface area contributed by atoms with Gasteiger partial charge in [-0.3, -0.25) is 4.98 Å². The van der Waals surface area contributed by atoms with Gasteiger partial charge in [-0.15, -0.1) is 0 Å². The van der Waals surface area contributed by atoms with Crippen LogP contribution < -0.4 is 0 Å². The largest absolute Gasteiger partial charge is 0.417 e. The number of fused-ring (bicyclic) bond motifs is 3. The molecule has 0 N–H and O–H groups in total. The maximum atomic E-state index is 13.6. The first-order valence-electron chi connectivity index (χ1n) is 7.35. The van der Waals surface area contributed by atoms with E-state index in [1.165, 1.54) is 6.20 Å². The number of aromatic nitrogens is 2. The van der Waals surface area contributed by atoms with Crippen molar-refractivity contribution in [2.24, 2.45) is 0 Å². The summed E-state index contributed by atoms with van der Waals surface area (Å²) >= 11 is 0. The number of hydrogen-bond acceptors (Lipinski definition) is 2. The van der Waals surface area contributed by atoms with Gasteiger partial charge in [0, 0.05) is 22.5 Å². The fourth-order valence-corrected chi connectivity index (χ4v) is 2.80. The molecule has 5 heteroatoms. The van der Waals surface area contributed by atoms with Crippen molar-refractivity contribution in [1.29, 1.82) is 0 Å². The lowest BCUT2D eigenvalue weighted by Gasteiger charge is -2.13. The van der Waals surface area contributed by atoms with E-state index in [1.807, 2.05) is 6.07 Å². The molecular weight excluding hydrogens is 313 g/mol. The Kier molecular flexibility index (Phi) is 3.23. The van der Waals surface area contributed by atoms with E-state index in [-0.39, 0.29) is 5.39 Å². The van der Waals surface area contributed by atoms with Gasteiger partial charge in [0.15, 0.2) is 0 Å². The van der Waals surface area contributed by atoms with E-state index in [4.69, 9.17) is 0 Å². The van der Waals surface area contributed by atoms with Crippen molar-refractivity contribution in [1.82, 2.24) is 9.97 Å². The zero-order valence-corrected chi connectivity index (χ0v) is 12.4. The van der Waals surface area contributed by atoms with Crippen molar-refractivity contribution in [2.75, 3.05) is 0 Å². The van der Waals surface area contributed by atoms with Crippen LogP contribution in [0.2, 0.25) is 0 Å². The summed E-state index contributed by atoms with van der Waals surface area (Å²) in [6.07, 6.45) is -3.23. The summed E-state index contributed by atoms with van der Waals surface area (Å²) in [5.41, 5.74) is 1.16. The van der Waals surface area contributed by atoms with E-state index < -0.39 is 11.7 Å². The molecule has 0 saturated heterocycles. The third-order valence-electron chi connectivity index (χ3n) is 3.93. The Hall–Kier alpha value is -2.95. The highest BCUT2D eigenvalue weighted by Gasteiger charge is 2.34. The second-order valence-electron chi connectivity index (χ2n) is 5.46. The van der Waals surface area contributed by atoms with Crippen molar-refractivity contribution in [3.05, 3.63) is 72.4 Å². The normalized spacial score (nSPS) is 12.0. The van der Waals surface area contributed by atoms with Crippen LogP contribution in [0.25, 0.3) is 33.1 Å². The number of pyridine rings is 2. The van der Waals surface area contributed by atoms with Gasteiger partial charge in [-0.25, -0.2) is 4.98 Å². The smallest absolute Gasteiger partial charge is 0.255 e. The van der Waals surface area contributed by atoms with E-state index >= 15 is 0 Å². The predicted molar refractivity (Wildman–Crippen MR) is 87.5 cm³/mol. The van der Waals surface area contributed by atoms with Gasteiger partial charge in [0.2, 0.25) is 0 Å². The minimum Gasteiger partial charge on any atom is -0.255 e. The molecule has 0 aliphatic heterocycles. The number of benzene rings is 2. The minimum atomic E-state index is -4.48. The van der Waals surface area contributed by atoms with Crippen LogP contribution in [0, 0.1) is 0 Å². The van der Waals surface area contributed by atoms with Gasteiger partial charge in [-0.2, -0.15) is 13.2 Å². The van der Waals surface area contributed by atoms with Crippen LogP contribution in [-0.2, 0) is 6.18 Å². The summed E-state index contributed by atoms with van der Waals surface area (Å²) in [7, 11) is 0. The highest BCUT2D eigenvalue weighted by molar-refractivity contribution is 6.04. The molecular formula is C19H11F3N2. The van der Waals surface area contributed by atoms with E-state index in [1.54, 1.807) is 48.5 Å². The third kappa shape index (κ3) is 2.38. The van der Waals surface area contributed by atoms with E-state index in [0.29, 0.717) is 27.7 Å². The van der Waals surface area contributed by atoms with E-state index in [9.17, 15) is 13.2 Å². The standard InChI is InChI=1S/C19H11F3N2/c20-19(21,22)15-10-17(12-6-2-1-3-7-12)24-18-13-8-4-5-9-16(13)23-11-14(15)18/h1-11H. The Morgan fingerprint density at radius 2 is 1.50 bits per heavy atom. The van der Waals surface area contributed by atoms with Crippen LogP contribution in [0.4, 0.5) is 13.2 Å². The fraction of sp³-hybridized carbons (Fsp3) is 0.0526. The Bertz CT molecular complexity index is 1040. The van der Waals surface area contributed by atoms with Crippen LogP contribution in [0.1, 0.15) is 5.56 Å². The van der Waals surface area contributed by atoms with Gasteiger partial charge >= 0.3 is 6.18 Å². The third-order valence-corrected chi connectivity index (χ3v) is 3.93. The SMILES string of the molecule is FC(F)(F)c1cc(-c2ccccc2)nc2c1cnc1ccccc12. The monoisotopic (exact) mass is 324 g/mol. The summed E-state index contributed by atoms with van der Waals surface area (Å²) in [6, 6.07) is 17.0. The summed E-state index contributed by atoms with van der Waals surface area (Å²) in [5.74, 6) is 0. The van der Waals surface area contributed by atoms with Crippen LogP contribution in [0.15, 0.2) is 66.9 Å². The first kappa shape index (κ1) is 14.6. The molecule has 24 heavy (non-hydrogen) atoms.